The quantitative estimate of drug-likeness (QED) is 0.574. The Balaban J connectivity index is 2.04. The van der Waals surface area contributed by atoms with Crippen LogP contribution in [-0.4, -0.2) is 5.33 Å². The summed E-state index contributed by atoms with van der Waals surface area (Å²) in [6, 6.07) is 0. The van der Waals surface area contributed by atoms with Gasteiger partial charge in [0.1, 0.15) is 0 Å². The first-order valence-corrected chi connectivity index (χ1v) is 5.48. The van der Waals surface area contributed by atoms with E-state index in [1.807, 2.05) is 0 Å². The zero-order valence-electron chi connectivity index (χ0n) is 6.57. The van der Waals surface area contributed by atoms with Gasteiger partial charge in [-0.05, 0) is 30.1 Å². The summed E-state index contributed by atoms with van der Waals surface area (Å²) in [4.78, 5) is 0. The molecule has 1 spiro atoms. The monoisotopic (exact) mass is 202 g/mol. The van der Waals surface area contributed by atoms with Crippen molar-refractivity contribution in [2.45, 2.75) is 32.6 Å². The zero-order valence-corrected chi connectivity index (χ0v) is 8.15. The lowest BCUT2D eigenvalue weighted by Crippen LogP contribution is -2.07. The van der Waals surface area contributed by atoms with Gasteiger partial charge in [0.15, 0.2) is 0 Å². The summed E-state index contributed by atoms with van der Waals surface area (Å²) in [6.07, 6.45) is 6.01. The topological polar surface area (TPSA) is 0 Å². The highest BCUT2D eigenvalue weighted by molar-refractivity contribution is 9.09. The maximum absolute atomic E-state index is 3.59. The minimum atomic E-state index is 0.823. The first-order valence-electron chi connectivity index (χ1n) is 4.35. The largest absolute Gasteiger partial charge is 0.0925 e. The third-order valence-electron chi connectivity index (χ3n) is 3.73. The predicted octanol–water partition coefficient (Wildman–Crippen LogP) is 3.21. The van der Waals surface area contributed by atoms with E-state index in [4.69, 9.17) is 0 Å². The van der Waals surface area contributed by atoms with Crippen LogP contribution in [0.25, 0.3) is 0 Å². The molecular weight excluding hydrogens is 188 g/mol. The highest BCUT2D eigenvalue weighted by Gasteiger charge is 2.57. The molecule has 0 aromatic heterocycles. The summed E-state index contributed by atoms with van der Waals surface area (Å²) in [5.41, 5.74) is 0.823. The highest BCUT2D eigenvalue weighted by atomic mass is 79.9. The number of alkyl halides is 1. The van der Waals surface area contributed by atoms with Crippen LogP contribution in [0.5, 0.6) is 0 Å². The average Bonchev–Trinajstić information content (AvgIpc) is 2.52. The van der Waals surface area contributed by atoms with E-state index >= 15 is 0 Å². The molecule has 3 unspecified atom stereocenters. The van der Waals surface area contributed by atoms with Gasteiger partial charge in [-0.2, -0.15) is 0 Å². The number of halogens is 1. The molecule has 2 aliphatic carbocycles. The smallest absolute Gasteiger partial charge is 0.00652 e. The Bertz CT molecular complexity index is 144. The highest BCUT2D eigenvalue weighted by Crippen LogP contribution is 2.65. The lowest BCUT2D eigenvalue weighted by Gasteiger charge is -2.13. The Labute approximate surface area is 71.5 Å². The van der Waals surface area contributed by atoms with E-state index in [0.29, 0.717) is 0 Å². The van der Waals surface area contributed by atoms with E-state index in [0.717, 1.165) is 17.3 Å². The molecule has 0 saturated heterocycles. The zero-order chi connectivity index (χ0) is 7.19. The van der Waals surface area contributed by atoms with Crippen LogP contribution in [0.2, 0.25) is 0 Å². The summed E-state index contributed by atoms with van der Waals surface area (Å²) in [6.45, 7) is 2.44. The summed E-state index contributed by atoms with van der Waals surface area (Å²) in [5, 5.41) is 1.25. The summed E-state index contributed by atoms with van der Waals surface area (Å²) in [7, 11) is 0. The van der Waals surface area contributed by atoms with Crippen molar-refractivity contribution in [1.29, 1.82) is 0 Å². The molecule has 2 saturated carbocycles. The van der Waals surface area contributed by atoms with Crippen molar-refractivity contribution in [3.05, 3.63) is 0 Å². The molecule has 2 fully saturated rings. The van der Waals surface area contributed by atoms with E-state index in [9.17, 15) is 0 Å². The lowest BCUT2D eigenvalue weighted by molar-refractivity contribution is 0.367. The van der Waals surface area contributed by atoms with Gasteiger partial charge in [0.05, 0.1) is 0 Å². The van der Waals surface area contributed by atoms with Crippen molar-refractivity contribution in [1.82, 2.24) is 0 Å². The molecule has 0 bridgehead atoms. The molecule has 0 nitrogen and oxygen atoms in total. The molecule has 58 valence electrons. The Morgan fingerprint density at radius 1 is 1.60 bits per heavy atom. The minimum Gasteiger partial charge on any atom is -0.0925 e. The van der Waals surface area contributed by atoms with Gasteiger partial charge in [-0.1, -0.05) is 35.7 Å². The molecule has 0 N–H and O–H groups in total. The first kappa shape index (κ1) is 7.15. The lowest BCUT2D eigenvalue weighted by atomic mass is 9.92. The fourth-order valence-corrected chi connectivity index (χ4v) is 3.66. The number of rotatable bonds is 1. The van der Waals surface area contributed by atoms with Crippen LogP contribution < -0.4 is 0 Å². The van der Waals surface area contributed by atoms with Crippen LogP contribution in [0.1, 0.15) is 32.6 Å². The second kappa shape index (κ2) is 2.23. The van der Waals surface area contributed by atoms with Crippen molar-refractivity contribution in [2.75, 3.05) is 5.33 Å². The normalized spacial score (nSPS) is 52.2. The van der Waals surface area contributed by atoms with Gasteiger partial charge in [0.2, 0.25) is 0 Å². The molecule has 10 heavy (non-hydrogen) atoms. The maximum Gasteiger partial charge on any atom is 0.00652 e. The molecule has 0 aromatic rings. The maximum atomic E-state index is 3.59. The third kappa shape index (κ3) is 0.792. The Morgan fingerprint density at radius 3 is 2.80 bits per heavy atom. The van der Waals surface area contributed by atoms with E-state index in [1.165, 1.54) is 31.0 Å². The Hall–Kier alpha value is 0.480. The molecular formula is C9H15Br. The van der Waals surface area contributed by atoms with E-state index in [-0.39, 0.29) is 0 Å². The second-order valence-electron chi connectivity index (χ2n) is 4.08. The second-order valence-corrected chi connectivity index (χ2v) is 4.73. The molecule has 1 heteroatoms. The third-order valence-corrected chi connectivity index (χ3v) is 4.51. The molecule has 0 aliphatic heterocycles. The molecule has 2 aliphatic rings. The van der Waals surface area contributed by atoms with Gasteiger partial charge < -0.3 is 0 Å². The molecule has 3 atom stereocenters. The van der Waals surface area contributed by atoms with Crippen LogP contribution >= 0.6 is 15.9 Å². The summed E-state index contributed by atoms with van der Waals surface area (Å²) >= 11 is 3.59. The van der Waals surface area contributed by atoms with E-state index in [1.54, 1.807) is 0 Å². The van der Waals surface area contributed by atoms with Crippen molar-refractivity contribution in [2.24, 2.45) is 17.3 Å². The van der Waals surface area contributed by atoms with Crippen molar-refractivity contribution in [3.63, 3.8) is 0 Å². The van der Waals surface area contributed by atoms with Crippen LogP contribution in [-0.2, 0) is 0 Å². The standard InChI is InChI=1S/C9H15Br/c1-7-3-2-4-9(7)5-8(9)6-10/h7-8H,2-6H2,1H3. The van der Waals surface area contributed by atoms with Crippen molar-refractivity contribution < 1.29 is 0 Å². The number of hydrogen-bond donors (Lipinski definition) is 0. The minimum absolute atomic E-state index is 0.823. The van der Waals surface area contributed by atoms with Gasteiger partial charge >= 0.3 is 0 Å². The van der Waals surface area contributed by atoms with Gasteiger partial charge in [0, 0.05) is 5.33 Å². The van der Waals surface area contributed by atoms with Crippen LogP contribution in [0.15, 0.2) is 0 Å². The Morgan fingerprint density at radius 2 is 2.40 bits per heavy atom. The van der Waals surface area contributed by atoms with Gasteiger partial charge in [-0.3, -0.25) is 0 Å². The summed E-state index contributed by atoms with van der Waals surface area (Å²) in [5.74, 6) is 2.06. The molecule has 0 heterocycles. The first-order chi connectivity index (χ1) is 4.79. The van der Waals surface area contributed by atoms with E-state index in [2.05, 4.69) is 22.9 Å². The fourth-order valence-electron chi connectivity index (χ4n) is 2.79. The van der Waals surface area contributed by atoms with Crippen LogP contribution in [0, 0.1) is 17.3 Å². The van der Waals surface area contributed by atoms with Crippen molar-refractivity contribution in [3.8, 4) is 0 Å². The summed E-state index contributed by atoms with van der Waals surface area (Å²) < 4.78 is 0. The predicted molar refractivity (Wildman–Crippen MR) is 47.3 cm³/mol. The average molecular weight is 203 g/mol. The fraction of sp³-hybridized carbons (Fsp3) is 1.00. The van der Waals surface area contributed by atoms with Crippen LogP contribution in [0.4, 0.5) is 0 Å². The van der Waals surface area contributed by atoms with Crippen LogP contribution in [0.3, 0.4) is 0 Å². The molecule has 0 aromatic carbocycles. The van der Waals surface area contributed by atoms with Gasteiger partial charge in [-0.25, -0.2) is 0 Å². The molecule has 2 rings (SSSR count). The molecule has 0 amide bonds. The van der Waals surface area contributed by atoms with Gasteiger partial charge in [-0.15, -0.1) is 0 Å². The Kier molecular flexibility index (Phi) is 1.59. The molecule has 0 radical (unpaired) electrons. The van der Waals surface area contributed by atoms with E-state index < -0.39 is 0 Å². The van der Waals surface area contributed by atoms with Gasteiger partial charge in [0.25, 0.3) is 0 Å². The van der Waals surface area contributed by atoms with Crippen molar-refractivity contribution >= 4 is 15.9 Å². The number of hydrogen-bond acceptors (Lipinski definition) is 0. The SMILES string of the molecule is CC1CCCC12CC2CBr.